The van der Waals surface area contributed by atoms with Gasteiger partial charge in [0.15, 0.2) is 11.0 Å². The number of aromatic amines is 1. The molecule has 0 radical (unpaired) electrons. The van der Waals surface area contributed by atoms with E-state index >= 15 is 0 Å². The summed E-state index contributed by atoms with van der Waals surface area (Å²) >= 11 is 0. The zero-order valence-corrected chi connectivity index (χ0v) is 18.3. The number of carbonyl (C=O) groups is 1. The molecule has 1 fully saturated rings. The average Bonchev–Trinajstić information content (AvgIpc) is 3.50. The Labute approximate surface area is 184 Å². The van der Waals surface area contributed by atoms with Gasteiger partial charge in [-0.25, -0.2) is 14.0 Å². The van der Waals surface area contributed by atoms with E-state index in [-0.39, 0.29) is 12.3 Å². The van der Waals surface area contributed by atoms with Crippen molar-refractivity contribution in [2.45, 2.75) is 17.9 Å². The number of methoxy groups -OCH3 is 1. The van der Waals surface area contributed by atoms with Crippen molar-refractivity contribution >= 4 is 28.7 Å². The number of pyridine rings is 1. The largest absolute Gasteiger partial charge is 0.477 e. The molecule has 3 rings (SSSR count). The maximum atomic E-state index is 13.5. The van der Waals surface area contributed by atoms with E-state index in [1.54, 1.807) is 41.9 Å². The maximum absolute atomic E-state index is 13.5. The Bertz CT molecular complexity index is 953. The first-order valence-corrected chi connectivity index (χ1v) is 11.1. The molecule has 2 heterocycles. The lowest BCUT2D eigenvalue weighted by atomic mass is 10.1. The molecule has 9 heteroatoms. The van der Waals surface area contributed by atoms with Crippen LogP contribution in [-0.2, 0) is 20.5 Å². The van der Waals surface area contributed by atoms with Gasteiger partial charge >= 0.3 is 5.97 Å². The Hall–Kier alpha value is -2.75. The highest BCUT2D eigenvalue weighted by Gasteiger charge is 2.31. The smallest absolute Gasteiger partial charge is 0.352 e. The number of nitrogens with zero attached hydrogens (tertiary/aromatic N) is 2. The van der Waals surface area contributed by atoms with Crippen molar-refractivity contribution < 1.29 is 23.6 Å². The van der Waals surface area contributed by atoms with Gasteiger partial charge in [-0.1, -0.05) is 18.7 Å². The van der Waals surface area contributed by atoms with Crippen LogP contribution in [0.25, 0.3) is 11.8 Å². The van der Waals surface area contributed by atoms with Crippen LogP contribution in [0.2, 0.25) is 0 Å². The lowest BCUT2D eigenvalue weighted by molar-refractivity contribution is 0.0691. The van der Waals surface area contributed by atoms with Gasteiger partial charge in [0.2, 0.25) is 0 Å². The van der Waals surface area contributed by atoms with Gasteiger partial charge in [-0.2, -0.15) is 0 Å². The van der Waals surface area contributed by atoms with Gasteiger partial charge < -0.3 is 19.6 Å². The third-order valence-corrected chi connectivity index (χ3v) is 6.13. The highest BCUT2D eigenvalue weighted by Crippen LogP contribution is 2.35. The van der Waals surface area contributed by atoms with E-state index in [4.69, 9.17) is 9.47 Å². The van der Waals surface area contributed by atoms with Gasteiger partial charge in [-0.3, -0.25) is 4.31 Å². The van der Waals surface area contributed by atoms with E-state index in [0.717, 1.165) is 12.8 Å². The van der Waals surface area contributed by atoms with Crippen molar-refractivity contribution in [1.29, 1.82) is 0 Å². The number of hydrogen-bond acceptors (Lipinski definition) is 5. The van der Waals surface area contributed by atoms with E-state index in [0.29, 0.717) is 47.7 Å². The lowest BCUT2D eigenvalue weighted by Crippen LogP contribution is -2.28. The number of hydrogen-bond donors (Lipinski definition) is 2. The normalized spacial score (nSPS) is 14.9. The molecule has 31 heavy (non-hydrogen) atoms. The molecule has 0 bridgehead atoms. The summed E-state index contributed by atoms with van der Waals surface area (Å²) in [6.07, 6.45) is 7.12. The molecule has 1 atom stereocenters. The van der Waals surface area contributed by atoms with Crippen LogP contribution in [0.15, 0.2) is 48.1 Å². The summed E-state index contributed by atoms with van der Waals surface area (Å²) in [5.74, 6) is -0.656. The van der Waals surface area contributed by atoms with Gasteiger partial charge in [-0.15, -0.1) is 0 Å². The zero-order chi connectivity index (χ0) is 22.2. The minimum Gasteiger partial charge on any atom is -0.477 e. The second-order valence-electron chi connectivity index (χ2n) is 7.10. The fraction of sp³-hybridized carbons (Fsp3) is 0.364. The standard InChI is InChI=1S/C22H27N3O5S/c1-3-17-14-18(22(26)27)24-21(17)19(9-11-30-13-12-29-2)25(15-16-7-8-16)31(28)20-6-4-5-10-23-20/h3-6,9-10,14,16,24H,1,7-8,11-13,15H2,2H3,(H,26,27)/b19-9+. The average molecular weight is 446 g/mol. The van der Waals surface area contributed by atoms with Gasteiger partial charge in [0.1, 0.15) is 10.7 Å². The van der Waals surface area contributed by atoms with Crippen molar-refractivity contribution in [3.63, 3.8) is 0 Å². The molecule has 2 N–H and O–H groups in total. The summed E-state index contributed by atoms with van der Waals surface area (Å²) in [5.41, 5.74) is 1.77. The highest BCUT2D eigenvalue weighted by atomic mass is 32.2. The summed E-state index contributed by atoms with van der Waals surface area (Å²) in [6, 6.07) is 6.79. The van der Waals surface area contributed by atoms with Crippen LogP contribution in [0.1, 0.15) is 34.6 Å². The van der Waals surface area contributed by atoms with Crippen LogP contribution >= 0.6 is 0 Å². The third kappa shape index (κ3) is 6.13. The van der Waals surface area contributed by atoms with Crippen molar-refractivity contribution in [2.24, 2.45) is 5.92 Å². The van der Waals surface area contributed by atoms with Crippen molar-refractivity contribution in [2.75, 3.05) is 33.5 Å². The fourth-order valence-electron chi connectivity index (χ4n) is 3.00. The van der Waals surface area contributed by atoms with Gasteiger partial charge in [0.25, 0.3) is 0 Å². The van der Waals surface area contributed by atoms with Crippen LogP contribution in [0.4, 0.5) is 0 Å². The fourth-order valence-corrected chi connectivity index (χ4v) is 4.27. The van der Waals surface area contributed by atoms with Crippen LogP contribution in [0.5, 0.6) is 0 Å². The Kier molecular flexibility index (Phi) is 8.16. The summed E-state index contributed by atoms with van der Waals surface area (Å²) < 4.78 is 25.9. The number of aromatic carboxylic acids is 1. The van der Waals surface area contributed by atoms with E-state index in [1.165, 1.54) is 6.07 Å². The van der Waals surface area contributed by atoms with Crippen molar-refractivity contribution in [3.05, 3.63) is 60.1 Å². The number of carboxylic acid groups (broad SMARTS) is 1. The predicted octanol–water partition coefficient (Wildman–Crippen LogP) is 3.19. The molecule has 0 amide bonds. The first-order chi connectivity index (χ1) is 15.0. The monoisotopic (exact) mass is 445 g/mol. The molecule has 1 unspecified atom stereocenters. The van der Waals surface area contributed by atoms with Crippen LogP contribution in [-0.4, -0.2) is 63.0 Å². The molecular formula is C22H27N3O5S. The molecule has 1 aliphatic rings. The molecule has 0 spiro atoms. The Morgan fingerprint density at radius 1 is 1.42 bits per heavy atom. The van der Waals surface area contributed by atoms with Crippen LogP contribution < -0.4 is 0 Å². The number of rotatable bonds is 13. The molecule has 166 valence electrons. The van der Waals surface area contributed by atoms with E-state index < -0.39 is 17.0 Å². The van der Waals surface area contributed by atoms with E-state index in [2.05, 4.69) is 16.5 Å². The summed E-state index contributed by atoms with van der Waals surface area (Å²) in [7, 11) is 0.0171. The van der Waals surface area contributed by atoms with Crippen molar-refractivity contribution in [1.82, 2.24) is 14.3 Å². The highest BCUT2D eigenvalue weighted by molar-refractivity contribution is 7.82. The van der Waals surface area contributed by atoms with Crippen LogP contribution in [0.3, 0.4) is 0 Å². The molecule has 0 aliphatic heterocycles. The predicted molar refractivity (Wildman–Crippen MR) is 119 cm³/mol. The Morgan fingerprint density at radius 3 is 2.84 bits per heavy atom. The first-order valence-electron chi connectivity index (χ1n) is 10.0. The van der Waals surface area contributed by atoms with Gasteiger partial charge in [0, 0.05) is 25.4 Å². The molecule has 0 aromatic carbocycles. The lowest BCUT2D eigenvalue weighted by Gasteiger charge is -2.26. The number of aromatic nitrogens is 2. The number of H-pyrrole nitrogens is 1. The van der Waals surface area contributed by atoms with Gasteiger partial charge in [0.05, 0.1) is 31.2 Å². The maximum Gasteiger partial charge on any atom is 0.352 e. The van der Waals surface area contributed by atoms with Gasteiger partial charge in [-0.05, 0) is 43.0 Å². The number of carboxylic acids is 1. The third-order valence-electron chi connectivity index (χ3n) is 4.79. The Morgan fingerprint density at radius 2 is 2.23 bits per heavy atom. The molecular weight excluding hydrogens is 418 g/mol. The minimum atomic E-state index is -1.58. The SMILES string of the molecule is C=Cc1cc(C(=O)O)[nH]c1/C(=C\COCCOC)N(CC1CC1)S(=O)c1ccccn1. The quantitative estimate of drug-likeness (QED) is 0.459. The Balaban J connectivity index is 2.01. The molecule has 8 nitrogen and oxygen atoms in total. The van der Waals surface area contributed by atoms with E-state index in [1.807, 2.05) is 6.08 Å². The molecule has 0 saturated heterocycles. The summed E-state index contributed by atoms with van der Waals surface area (Å²) in [5, 5.41) is 9.88. The number of nitrogens with one attached hydrogen (secondary N) is 1. The van der Waals surface area contributed by atoms with Crippen molar-refractivity contribution in [3.8, 4) is 0 Å². The van der Waals surface area contributed by atoms with E-state index in [9.17, 15) is 14.1 Å². The zero-order valence-electron chi connectivity index (χ0n) is 17.5. The molecule has 1 aliphatic carbocycles. The molecule has 2 aromatic rings. The number of ether oxygens (including phenoxy) is 2. The topological polar surface area (TPSA) is 105 Å². The van der Waals surface area contributed by atoms with Crippen LogP contribution in [0, 0.1) is 5.92 Å². The summed E-state index contributed by atoms with van der Waals surface area (Å²) in [6.45, 7) is 5.48. The summed E-state index contributed by atoms with van der Waals surface area (Å²) in [4.78, 5) is 18.8. The molecule has 1 saturated carbocycles. The molecule has 2 aromatic heterocycles. The second kappa shape index (κ2) is 11.0. The minimum absolute atomic E-state index is 0.0334. The first kappa shape index (κ1) is 22.9. The second-order valence-corrected chi connectivity index (χ2v) is 8.46.